The van der Waals surface area contributed by atoms with Gasteiger partial charge in [-0.2, -0.15) is 0 Å². The molecule has 4 rings (SSSR count). The number of nitrogens with zero attached hydrogens (tertiary/aromatic N) is 2. The van der Waals surface area contributed by atoms with Crippen LogP contribution in [0.15, 0.2) is 23.1 Å². The predicted molar refractivity (Wildman–Crippen MR) is 119 cm³/mol. The monoisotopic (exact) mass is 495 g/mol. The Morgan fingerprint density at radius 2 is 1.97 bits per heavy atom. The number of aromatic hydroxyl groups is 1. The van der Waals surface area contributed by atoms with Gasteiger partial charge in [-0.3, -0.25) is 14.4 Å². The summed E-state index contributed by atoms with van der Waals surface area (Å²) in [6.07, 6.45) is 3.81. The summed E-state index contributed by atoms with van der Waals surface area (Å²) >= 11 is 5.56. The number of aliphatic hydroxyl groups excluding tert-OH is 1. The van der Waals surface area contributed by atoms with E-state index in [9.17, 15) is 33.4 Å². The predicted octanol–water partition coefficient (Wildman–Crippen LogP) is 2.74. The number of carbonyl (C=O) groups is 2. The quantitative estimate of drug-likeness (QED) is 0.533. The average Bonchev–Trinajstić information content (AvgIpc) is 3.28. The number of aliphatic hydroxyl groups is 1. The molecule has 2 heterocycles. The Bertz CT molecular complexity index is 1220. The Morgan fingerprint density at radius 1 is 1.26 bits per heavy atom. The minimum absolute atomic E-state index is 0.0819. The molecule has 182 valence electrons. The molecule has 1 aliphatic heterocycles. The maximum Gasteiger partial charge on any atom is 0.275 e. The Morgan fingerprint density at radius 3 is 2.68 bits per heavy atom. The van der Waals surface area contributed by atoms with Gasteiger partial charge >= 0.3 is 0 Å². The lowest BCUT2D eigenvalue weighted by molar-refractivity contribution is 0.0405. The normalized spacial score (nSPS) is 20.1. The molecule has 11 heteroatoms. The lowest BCUT2D eigenvalue weighted by atomic mass is 9.99. The Labute approximate surface area is 198 Å². The van der Waals surface area contributed by atoms with Crippen LogP contribution in [-0.2, 0) is 6.54 Å². The number of rotatable bonds is 6. The molecule has 2 aromatic rings. The molecule has 0 saturated heterocycles. The molecule has 2 amide bonds. The van der Waals surface area contributed by atoms with Crippen LogP contribution >= 0.6 is 11.6 Å². The molecule has 1 aliphatic carbocycles. The summed E-state index contributed by atoms with van der Waals surface area (Å²) in [4.78, 5) is 40.5. The number of benzene rings is 1. The lowest BCUT2D eigenvalue weighted by Gasteiger charge is -2.43. The highest BCUT2D eigenvalue weighted by molar-refractivity contribution is 6.30. The second-order valence-electron chi connectivity index (χ2n) is 8.63. The summed E-state index contributed by atoms with van der Waals surface area (Å²) in [5.74, 6) is -4.21. The molecular formula is C23H24ClF2N3O5. The summed E-state index contributed by atoms with van der Waals surface area (Å²) in [7, 11) is 0. The standard InChI is InChI=1S/C23H24ClF2N3O5/c1-11(7-8-30)29-16-4-2-3-15(16)28-10-13(20(31)21(32)19(28)23(29)34)22(33)27-9-12-5-6-14(25)17(24)18(12)26/h5-6,10-11,15-16,30,32H,2-4,7-9H2,1H3,(H,27,33)/t11-,15+,16?/m0/s1. The SMILES string of the molecule is C[C@@H](CCO)N1C(=O)c2c(O)c(=O)c(C(=O)NCc3ccc(F)c(Cl)c3F)cn2[C@@H]2CCCC21. The number of hydrogen-bond donors (Lipinski definition) is 3. The van der Waals surface area contributed by atoms with Gasteiger partial charge in [0.05, 0.1) is 12.1 Å². The zero-order valence-corrected chi connectivity index (χ0v) is 19.1. The molecule has 8 nitrogen and oxygen atoms in total. The molecule has 3 atom stereocenters. The van der Waals surface area contributed by atoms with Crippen LogP contribution in [0.5, 0.6) is 5.75 Å². The second-order valence-corrected chi connectivity index (χ2v) is 9.01. The van der Waals surface area contributed by atoms with Crippen LogP contribution in [0.3, 0.4) is 0 Å². The zero-order chi connectivity index (χ0) is 24.7. The van der Waals surface area contributed by atoms with E-state index in [4.69, 9.17) is 11.6 Å². The van der Waals surface area contributed by atoms with Gasteiger partial charge in [-0.15, -0.1) is 0 Å². The third kappa shape index (κ3) is 3.94. The van der Waals surface area contributed by atoms with E-state index in [1.54, 1.807) is 11.8 Å². The van der Waals surface area contributed by atoms with Gasteiger partial charge in [0.1, 0.15) is 22.2 Å². The van der Waals surface area contributed by atoms with Crippen molar-refractivity contribution in [2.24, 2.45) is 0 Å². The van der Waals surface area contributed by atoms with Crippen molar-refractivity contribution < 1.29 is 28.6 Å². The smallest absolute Gasteiger partial charge is 0.275 e. The van der Waals surface area contributed by atoms with Crippen LogP contribution in [0.2, 0.25) is 5.02 Å². The van der Waals surface area contributed by atoms with Crippen LogP contribution in [0.25, 0.3) is 0 Å². The van der Waals surface area contributed by atoms with Crippen LogP contribution < -0.4 is 10.7 Å². The van der Waals surface area contributed by atoms with E-state index >= 15 is 0 Å². The number of amides is 2. The van der Waals surface area contributed by atoms with Crippen molar-refractivity contribution in [1.82, 2.24) is 14.8 Å². The van der Waals surface area contributed by atoms with E-state index in [0.29, 0.717) is 19.3 Å². The van der Waals surface area contributed by atoms with Crippen molar-refractivity contribution in [2.75, 3.05) is 6.61 Å². The second kappa shape index (κ2) is 9.34. The Balaban J connectivity index is 1.68. The molecule has 0 bridgehead atoms. The molecule has 1 saturated carbocycles. The minimum atomic E-state index is -1.03. The van der Waals surface area contributed by atoms with Gasteiger partial charge in [-0.25, -0.2) is 8.78 Å². The van der Waals surface area contributed by atoms with Crippen molar-refractivity contribution in [3.63, 3.8) is 0 Å². The van der Waals surface area contributed by atoms with Gasteiger partial charge in [-0.1, -0.05) is 17.7 Å². The van der Waals surface area contributed by atoms with Gasteiger partial charge in [0.25, 0.3) is 11.8 Å². The topological polar surface area (TPSA) is 112 Å². The highest BCUT2D eigenvalue weighted by atomic mass is 35.5. The third-order valence-electron chi connectivity index (χ3n) is 6.63. The minimum Gasteiger partial charge on any atom is -0.503 e. The fraction of sp³-hybridized carbons (Fsp3) is 0.435. The fourth-order valence-electron chi connectivity index (χ4n) is 4.92. The van der Waals surface area contributed by atoms with E-state index in [1.807, 2.05) is 0 Å². The number of pyridine rings is 1. The molecule has 34 heavy (non-hydrogen) atoms. The van der Waals surface area contributed by atoms with Gasteiger partial charge in [0.2, 0.25) is 5.43 Å². The van der Waals surface area contributed by atoms with E-state index in [0.717, 1.165) is 18.6 Å². The number of nitrogens with one attached hydrogen (secondary N) is 1. The van der Waals surface area contributed by atoms with Gasteiger partial charge < -0.3 is 25.0 Å². The lowest BCUT2D eigenvalue weighted by Crippen LogP contribution is -2.53. The molecule has 2 aliphatic rings. The van der Waals surface area contributed by atoms with Crippen molar-refractivity contribution in [3.8, 4) is 5.75 Å². The number of halogens is 3. The third-order valence-corrected chi connectivity index (χ3v) is 6.97. The van der Waals surface area contributed by atoms with E-state index in [-0.39, 0.29) is 42.5 Å². The molecule has 1 aromatic heterocycles. The number of fused-ring (bicyclic) bond motifs is 3. The molecule has 3 N–H and O–H groups in total. The van der Waals surface area contributed by atoms with Crippen LogP contribution in [0, 0.1) is 11.6 Å². The Hall–Kier alpha value is -2.98. The summed E-state index contributed by atoms with van der Waals surface area (Å²) in [6, 6.07) is 1.33. The summed E-state index contributed by atoms with van der Waals surface area (Å²) < 4.78 is 29.0. The number of aromatic nitrogens is 1. The fourth-order valence-corrected chi connectivity index (χ4v) is 5.11. The van der Waals surface area contributed by atoms with Crippen LogP contribution in [0.4, 0.5) is 8.78 Å². The van der Waals surface area contributed by atoms with Gasteiger partial charge in [0, 0.05) is 31.0 Å². The number of hydrogen-bond acceptors (Lipinski definition) is 5. The van der Waals surface area contributed by atoms with E-state index in [2.05, 4.69) is 5.32 Å². The van der Waals surface area contributed by atoms with Crippen molar-refractivity contribution in [1.29, 1.82) is 0 Å². The molecule has 0 radical (unpaired) electrons. The van der Waals surface area contributed by atoms with Gasteiger partial charge in [0.15, 0.2) is 11.4 Å². The maximum atomic E-state index is 14.1. The van der Waals surface area contributed by atoms with Crippen molar-refractivity contribution in [2.45, 2.75) is 57.3 Å². The first-order valence-corrected chi connectivity index (χ1v) is 11.4. The average molecular weight is 496 g/mol. The zero-order valence-electron chi connectivity index (χ0n) is 18.4. The maximum absolute atomic E-state index is 14.1. The van der Waals surface area contributed by atoms with Crippen molar-refractivity contribution >= 4 is 23.4 Å². The first-order valence-electron chi connectivity index (χ1n) is 11.0. The van der Waals surface area contributed by atoms with Crippen molar-refractivity contribution in [3.05, 3.63) is 62.0 Å². The molecular weight excluding hydrogens is 472 g/mol. The highest BCUT2D eigenvalue weighted by Crippen LogP contribution is 2.41. The first kappa shape index (κ1) is 24.2. The molecule has 1 fully saturated rings. The summed E-state index contributed by atoms with van der Waals surface area (Å²) in [6.45, 7) is 1.32. The van der Waals surface area contributed by atoms with E-state index in [1.165, 1.54) is 10.8 Å². The van der Waals surface area contributed by atoms with Crippen LogP contribution in [0.1, 0.15) is 65.1 Å². The molecule has 1 unspecified atom stereocenters. The van der Waals surface area contributed by atoms with Crippen LogP contribution in [-0.4, -0.2) is 50.2 Å². The summed E-state index contributed by atoms with van der Waals surface area (Å²) in [5, 5.41) is 21.7. The largest absolute Gasteiger partial charge is 0.503 e. The Kier molecular flexibility index (Phi) is 6.64. The highest BCUT2D eigenvalue weighted by Gasteiger charge is 2.45. The van der Waals surface area contributed by atoms with E-state index < -0.39 is 45.2 Å². The molecule has 1 aromatic carbocycles. The van der Waals surface area contributed by atoms with Gasteiger partial charge in [-0.05, 0) is 38.7 Å². The first-order chi connectivity index (χ1) is 16.2. The summed E-state index contributed by atoms with van der Waals surface area (Å²) in [5.41, 5.74) is -1.70. The molecule has 0 spiro atoms. The number of carbonyl (C=O) groups excluding carboxylic acids is 2.